The van der Waals surface area contributed by atoms with Crippen LogP contribution in [-0.2, 0) is 14.8 Å². The van der Waals surface area contributed by atoms with Crippen LogP contribution in [0.3, 0.4) is 0 Å². The van der Waals surface area contributed by atoms with Crippen LogP contribution in [0.25, 0.3) is 0 Å². The van der Waals surface area contributed by atoms with Crippen molar-refractivity contribution in [3.8, 4) is 11.5 Å². The molecule has 29 heavy (non-hydrogen) atoms. The predicted molar refractivity (Wildman–Crippen MR) is 112 cm³/mol. The molecule has 1 amide bonds. The number of fused-ring (bicyclic) bond motifs is 1. The second-order valence-corrected chi connectivity index (χ2v) is 9.28. The smallest absolute Gasteiger partial charge is 0.241 e. The Balaban J connectivity index is 1.81. The van der Waals surface area contributed by atoms with E-state index in [1.54, 1.807) is 25.1 Å². The molecule has 1 heterocycles. The van der Waals surface area contributed by atoms with Gasteiger partial charge in [0.05, 0.1) is 17.5 Å². The first-order valence-electron chi connectivity index (χ1n) is 9.48. The molecule has 0 radical (unpaired) electrons. The van der Waals surface area contributed by atoms with E-state index in [1.807, 2.05) is 39.0 Å². The Labute approximate surface area is 171 Å². The molecule has 2 aromatic rings. The highest BCUT2D eigenvalue weighted by atomic mass is 32.2. The molecule has 0 fully saturated rings. The molecule has 0 spiro atoms. The molecule has 0 saturated carbocycles. The van der Waals surface area contributed by atoms with Crippen molar-refractivity contribution in [3.63, 3.8) is 0 Å². The maximum absolute atomic E-state index is 12.7. The van der Waals surface area contributed by atoms with Gasteiger partial charge in [-0.2, -0.15) is 0 Å². The van der Waals surface area contributed by atoms with Crippen molar-refractivity contribution in [1.29, 1.82) is 0 Å². The van der Waals surface area contributed by atoms with Crippen LogP contribution in [0, 0.1) is 13.8 Å². The highest BCUT2D eigenvalue weighted by Gasteiger charge is 2.26. The summed E-state index contributed by atoms with van der Waals surface area (Å²) in [7, 11) is -3.67. The Morgan fingerprint density at radius 3 is 2.59 bits per heavy atom. The molecule has 0 saturated heterocycles. The lowest BCUT2D eigenvalue weighted by Gasteiger charge is -2.25. The lowest BCUT2D eigenvalue weighted by atomic mass is 10.00. The van der Waals surface area contributed by atoms with Crippen LogP contribution in [0.2, 0.25) is 0 Å². The Hall–Kier alpha value is -2.74. The highest BCUT2D eigenvalue weighted by molar-refractivity contribution is 7.92. The molecule has 1 N–H and O–H groups in total. The second-order valence-electron chi connectivity index (χ2n) is 7.09. The van der Waals surface area contributed by atoms with Crippen molar-refractivity contribution in [2.24, 2.45) is 0 Å². The third kappa shape index (κ3) is 4.64. The summed E-state index contributed by atoms with van der Waals surface area (Å²) >= 11 is 0. The Morgan fingerprint density at radius 1 is 1.14 bits per heavy atom. The van der Waals surface area contributed by atoms with E-state index in [0.717, 1.165) is 21.0 Å². The maximum atomic E-state index is 12.7. The first kappa shape index (κ1) is 21.0. The number of rotatable bonds is 7. The predicted octanol–water partition coefficient (Wildman–Crippen LogP) is 3.07. The zero-order chi connectivity index (χ0) is 21.2. The highest BCUT2D eigenvalue weighted by Crippen LogP contribution is 2.36. The standard InChI is InChI=1S/C21H26N2O5S/c1-5-29(25,26)23(17-8-9-19-20(11-17)28-13-27-19)12-21(24)22-16(4)18-10-14(2)6-7-15(18)3/h6-11,16H,5,12-13H2,1-4H3,(H,22,24). The number of nitrogens with one attached hydrogen (secondary N) is 1. The number of benzene rings is 2. The number of sulfonamides is 1. The number of hydrogen-bond donors (Lipinski definition) is 1. The van der Waals surface area contributed by atoms with E-state index in [-0.39, 0.29) is 31.0 Å². The molecule has 1 aliphatic rings. The van der Waals surface area contributed by atoms with Gasteiger partial charge >= 0.3 is 0 Å². The van der Waals surface area contributed by atoms with Crippen molar-refractivity contribution >= 4 is 21.6 Å². The molecule has 3 rings (SSSR count). The summed E-state index contributed by atoms with van der Waals surface area (Å²) < 4.78 is 37.1. The molecule has 1 aliphatic heterocycles. The van der Waals surface area contributed by atoms with E-state index >= 15 is 0 Å². The van der Waals surface area contributed by atoms with E-state index in [4.69, 9.17) is 9.47 Å². The third-order valence-electron chi connectivity index (χ3n) is 4.91. The van der Waals surface area contributed by atoms with Gasteiger partial charge in [0.2, 0.25) is 22.7 Å². The zero-order valence-electron chi connectivity index (χ0n) is 17.1. The minimum Gasteiger partial charge on any atom is -0.454 e. The minimum atomic E-state index is -3.67. The van der Waals surface area contributed by atoms with Crippen LogP contribution in [0.15, 0.2) is 36.4 Å². The number of anilines is 1. The lowest BCUT2D eigenvalue weighted by Crippen LogP contribution is -2.42. The average Bonchev–Trinajstić information content (AvgIpc) is 3.15. The van der Waals surface area contributed by atoms with Gasteiger partial charge in [0, 0.05) is 6.07 Å². The summed E-state index contributed by atoms with van der Waals surface area (Å²) in [5, 5.41) is 2.91. The van der Waals surface area contributed by atoms with Crippen LogP contribution in [0.1, 0.15) is 36.6 Å². The topological polar surface area (TPSA) is 84.9 Å². The van der Waals surface area contributed by atoms with Crippen molar-refractivity contribution in [3.05, 3.63) is 53.1 Å². The molecule has 1 unspecified atom stereocenters. The average molecular weight is 419 g/mol. The van der Waals surface area contributed by atoms with Crippen molar-refractivity contribution in [2.45, 2.75) is 33.7 Å². The number of carbonyl (C=O) groups is 1. The van der Waals surface area contributed by atoms with Crippen LogP contribution in [0.5, 0.6) is 11.5 Å². The monoisotopic (exact) mass is 418 g/mol. The zero-order valence-corrected chi connectivity index (χ0v) is 17.9. The van der Waals surface area contributed by atoms with Crippen LogP contribution >= 0.6 is 0 Å². The number of ether oxygens (including phenoxy) is 2. The lowest BCUT2D eigenvalue weighted by molar-refractivity contribution is -0.120. The summed E-state index contributed by atoms with van der Waals surface area (Å²) in [6.45, 7) is 7.19. The van der Waals surface area contributed by atoms with E-state index < -0.39 is 10.0 Å². The first-order valence-corrected chi connectivity index (χ1v) is 11.1. The summed E-state index contributed by atoms with van der Waals surface area (Å²) in [5.74, 6) is 0.507. The molecule has 0 bridgehead atoms. The van der Waals surface area contributed by atoms with E-state index in [0.29, 0.717) is 17.2 Å². The van der Waals surface area contributed by atoms with Crippen molar-refractivity contribution in [1.82, 2.24) is 5.32 Å². The number of hydrogen-bond acceptors (Lipinski definition) is 5. The molecular formula is C21H26N2O5S. The summed E-state index contributed by atoms with van der Waals surface area (Å²) in [6.07, 6.45) is 0. The van der Waals surface area contributed by atoms with E-state index in [2.05, 4.69) is 5.32 Å². The normalized spacial score (nSPS) is 13.8. The Morgan fingerprint density at radius 2 is 1.86 bits per heavy atom. The molecule has 0 aliphatic carbocycles. The number of nitrogens with zero attached hydrogens (tertiary/aromatic N) is 1. The van der Waals surface area contributed by atoms with Crippen LogP contribution in [-0.4, -0.2) is 33.4 Å². The Bertz CT molecular complexity index is 1020. The number of amides is 1. The fraction of sp³-hybridized carbons (Fsp3) is 0.381. The molecule has 7 nitrogen and oxygen atoms in total. The van der Waals surface area contributed by atoms with Gasteiger partial charge in [-0.05, 0) is 51.0 Å². The second kappa shape index (κ2) is 8.32. The molecule has 156 valence electrons. The van der Waals surface area contributed by atoms with Crippen LogP contribution in [0.4, 0.5) is 5.69 Å². The fourth-order valence-corrected chi connectivity index (χ4v) is 4.33. The van der Waals surface area contributed by atoms with Crippen molar-refractivity contribution < 1.29 is 22.7 Å². The molecule has 1 atom stereocenters. The summed E-state index contributed by atoms with van der Waals surface area (Å²) in [5.41, 5.74) is 3.54. The summed E-state index contributed by atoms with van der Waals surface area (Å²) in [6, 6.07) is 10.6. The van der Waals surface area contributed by atoms with Gasteiger partial charge in [0.15, 0.2) is 11.5 Å². The number of carbonyl (C=O) groups excluding carboxylic acids is 1. The number of aryl methyl sites for hydroxylation is 2. The van der Waals surface area contributed by atoms with Gasteiger partial charge in [-0.1, -0.05) is 23.8 Å². The largest absolute Gasteiger partial charge is 0.454 e. The van der Waals surface area contributed by atoms with Gasteiger partial charge in [0.1, 0.15) is 6.54 Å². The van der Waals surface area contributed by atoms with Gasteiger partial charge in [0.25, 0.3) is 0 Å². The van der Waals surface area contributed by atoms with Gasteiger partial charge < -0.3 is 14.8 Å². The SMILES string of the molecule is CCS(=O)(=O)N(CC(=O)NC(C)c1cc(C)ccc1C)c1ccc2c(c1)OCO2. The molecular weight excluding hydrogens is 392 g/mol. The third-order valence-corrected chi connectivity index (χ3v) is 6.65. The Kier molecular flexibility index (Phi) is 6.02. The molecule has 8 heteroatoms. The molecule has 2 aromatic carbocycles. The minimum absolute atomic E-state index is 0.0904. The van der Waals surface area contributed by atoms with E-state index in [1.165, 1.54) is 0 Å². The fourth-order valence-electron chi connectivity index (χ4n) is 3.27. The van der Waals surface area contributed by atoms with Crippen LogP contribution < -0.4 is 19.1 Å². The molecule has 0 aromatic heterocycles. The first-order chi connectivity index (χ1) is 13.7. The summed E-state index contributed by atoms with van der Waals surface area (Å²) in [4.78, 5) is 12.7. The van der Waals surface area contributed by atoms with Gasteiger partial charge in [-0.15, -0.1) is 0 Å². The van der Waals surface area contributed by atoms with Gasteiger partial charge in [-0.25, -0.2) is 8.42 Å². The van der Waals surface area contributed by atoms with Crippen molar-refractivity contribution in [2.75, 3.05) is 23.4 Å². The van der Waals surface area contributed by atoms with E-state index in [9.17, 15) is 13.2 Å². The maximum Gasteiger partial charge on any atom is 0.241 e. The van der Waals surface area contributed by atoms with Gasteiger partial charge in [-0.3, -0.25) is 9.10 Å². The quantitative estimate of drug-likeness (QED) is 0.747.